The molecule has 0 N–H and O–H groups in total. The van der Waals surface area contributed by atoms with Crippen molar-refractivity contribution < 1.29 is 0 Å². The van der Waals surface area contributed by atoms with E-state index in [0.717, 1.165) is 0 Å². The van der Waals surface area contributed by atoms with Crippen molar-refractivity contribution in [2.24, 2.45) is 0 Å². The third-order valence-corrected chi connectivity index (χ3v) is 6.76. The van der Waals surface area contributed by atoms with Crippen LogP contribution in [0.1, 0.15) is 52.4 Å². The molecular weight excluding hydrogens is 329 g/mol. The molecule has 0 heterocycles. The fourth-order valence-electron chi connectivity index (χ4n) is 1.06. The van der Waals surface area contributed by atoms with Gasteiger partial charge in [0.05, 0.1) is 0 Å². The van der Waals surface area contributed by atoms with Gasteiger partial charge in [-0.1, -0.05) is 0 Å². The van der Waals surface area contributed by atoms with E-state index in [4.69, 9.17) is 0 Å². The van der Waals surface area contributed by atoms with Crippen LogP contribution in [0.15, 0.2) is 0 Å². The fraction of sp³-hybridized carbons (Fsp3) is 1.00. The monoisotopic (exact) mass is 351 g/mol. The van der Waals surface area contributed by atoms with Crippen LogP contribution in [0.3, 0.4) is 0 Å². The molecule has 0 aliphatic rings. The molecule has 0 aliphatic carbocycles. The maximum atomic E-state index is 2.29. The SMILES string of the molecule is CCCC[CH2][Bi][CH2]CCCC. The van der Waals surface area contributed by atoms with E-state index in [-0.39, 0.29) is 23.2 Å². The molecule has 0 bridgehead atoms. The van der Waals surface area contributed by atoms with Crippen molar-refractivity contribution in [1.29, 1.82) is 0 Å². The summed E-state index contributed by atoms with van der Waals surface area (Å²) in [6.45, 7) is 4.59. The van der Waals surface area contributed by atoms with Crippen molar-refractivity contribution in [2.75, 3.05) is 0 Å². The van der Waals surface area contributed by atoms with Crippen molar-refractivity contribution in [2.45, 2.75) is 60.6 Å². The summed E-state index contributed by atoms with van der Waals surface area (Å²) in [5.41, 5.74) is 0. The Morgan fingerprint density at radius 2 is 1.18 bits per heavy atom. The van der Waals surface area contributed by atoms with Crippen LogP contribution in [0.2, 0.25) is 8.26 Å². The molecule has 1 radical (unpaired) electrons. The van der Waals surface area contributed by atoms with Gasteiger partial charge < -0.3 is 0 Å². The van der Waals surface area contributed by atoms with Gasteiger partial charge in [0.25, 0.3) is 0 Å². The molecule has 1 heteroatoms. The van der Waals surface area contributed by atoms with Crippen LogP contribution in [-0.2, 0) is 0 Å². The summed E-state index contributed by atoms with van der Waals surface area (Å²) in [7, 11) is 0. The summed E-state index contributed by atoms with van der Waals surface area (Å²) in [4.78, 5) is 0. The Morgan fingerprint density at radius 1 is 0.727 bits per heavy atom. The van der Waals surface area contributed by atoms with Gasteiger partial charge in [0, 0.05) is 0 Å². The van der Waals surface area contributed by atoms with Gasteiger partial charge in [-0.05, 0) is 0 Å². The molecule has 0 amide bonds. The van der Waals surface area contributed by atoms with Crippen molar-refractivity contribution in [3.63, 3.8) is 0 Å². The van der Waals surface area contributed by atoms with Crippen LogP contribution in [0.25, 0.3) is 0 Å². The van der Waals surface area contributed by atoms with Crippen molar-refractivity contribution >= 4 is 23.2 Å². The molecule has 0 aliphatic heterocycles. The van der Waals surface area contributed by atoms with Gasteiger partial charge in [0.2, 0.25) is 0 Å². The second kappa shape index (κ2) is 10.9. The van der Waals surface area contributed by atoms with Crippen LogP contribution in [0, 0.1) is 0 Å². The molecule has 0 rings (SSSR count). The Kier molecular flexibility index (Phi) is 11.8. The van der Waals surface area contributed by atoms with Gasteiger partial charge in [-0.15, -0.1) is 0 Å². The van der Waals surface area contributed by atoms with E-state index in [1.165, 1.54) is 25.7 Å². The van der Waals surface area contributed by atoms with Gasteiger partial charge in [0.1, 0.15) is 0 Å². The van der Waals surface area contributed by atoms with Crippen LogP contribution in [0.4, 0.5) is 0 Å². The first-order chi connectivity index (χ1) is 5.41. The topological polar surface area (TPSA) is 0 Å². The Morgan fingerprint density at radius 3 is 1.55 bits per heavy atom. The molecule has 0 spiro atoms. The van der Waals surface area contributed by atoms with Crippen molar-refractivity contribution in [3.05, 3.63) is 0 Å². The molecule has 0 nitrogen and oxygen atoms in total. The van der Waals surface area contributed by atoms with Crippen LogP contribution >= 0.6 is 0 Å². The third kappa shape index (κ3) is 10.9. The summed E-state index contributed by atoms with van der Waals surface area (Å²) in [5, 5.41) is 0. The fourth-order valence-corrected chi connectivity index (χ4v) is 5.41. The molecule has 0 saturated carbocycles. The van der Waals surface area contributed by atoms with Crippen LogP contribution < -0.4 is 0 Å². The van der Waals surface area contributed by atoms with E-state index in [1.807, 2.05) is 0 Å². The van der Waals surface area contributed by atoms with E-state index >= 15 is 0 Å². The van der Waals surface area contributed by atoms with E-state index in [0.29, 0.717) is 0 Å². The Hall–Kier alpha value is 0.883. The Labute approximate surface area is 83.7 Å². The first-order valence-corrected chi connectivity index (χ1v) is 9.96. The van der Waals surface area contributed by atoms with Gasteiger partial charge in [-0.25, -0.2) is 0 Å². The molecule has 0 aromatic heterocycles. The first-order valence-electron chi connectivity index (χ1n) is 5.05. The van der Waals surface area contributed by atoms with E-state index < -0.39 is 0 Å². The van der Waals surface area contributed by atoms with Gasteiger partial charge >= 0.3 is 83.9 Å². The second-order valence-electron chi connectivity index (χ2n) is 3.09. The third-order valence-electron chi connectivity index (χ3n) is 1.84. The number of unbranched alkanes of at least 4 members (excludes halogenated alkanes) is 4. The molecule has 0 aromatic carbocycles. The molecule has 11 heavy (non-hydrogen) atoms. The zero-order valence-electron chi connectivity index (χ0n) is 8.10. The van der Waals surface area contributed by atoms with Crippen molar-refractivity contribution in [3.8, 4) is 0 Å². The number of rotatable bonds is 8. The van der Waals surface area contributed by atoms with Crippen LogP contribution in [0.5, 0.6) is 0 Å². The van der Waals surface area contributed by atoms with E-state index in [1.54, 1.807) is 21.1 Å². The van der Waals surface area contributed by atoms with Gasteiger partial charge in [-0.3, -0.25) is 0 Å². The molecule has 0 unspecified atom stereocenters. The quantitative estimate of drug-likeness (QED) is 0.460. The maximum absolute atomic E-state index is 2.29. The van der Waals surface area contributed by atoms with E-state index in [2.05, 4.69) is 13.8 Å². The summed E-state index contributed by atoms with van der Waals surface area (Å²) < 4.78 is 3.30. The predicted molar refractivity (Wildman–Crippen MR) is 54.4 cm³/mol. The minimum absolute atomic E-state index is 0.0402. The zero-order valence-corrected chi connectivity index (χ0v) is 11.6. The first kappa shape index (κ1) is 11.9. The summed E-state index contributed by atoms with van der Waals surface area (Å²) in [6, 6.07) is 0. The predicted octanol–water partition coefficient (Wildman–Crippen LogP) is 3.91. The average Bonchev–Trinajstić information content (AvgIpc) is 2.03. The van der Waals surface area contributed by atoms with Gasteiger partial charge in [-0.2, -0.15) is 0 Å². The molecule has 0 aromatic rings. The molecule has 0 fully saturated rings. The van der Waals surface area contributed by atoms with E-state index in [9.17, 15) is 0 Å². The molecule has 67 valence electrons. The van der Waals surface area contributed by atoms with Crippen molar-refractivity contribution in [1.82, 2.24) is 0 Å². The summed E-state index contributed by atoms with van der Waals surface area (Å²) >= 11 is 0.0402. The average molecular weight is 351 g/mol. The Balaban J connectivity index is 2.69. The summed E-state index contributed by atoms with van der Waals surface area (Å²) in [6.07, 6.45) is 8.85. The Bertz CT molecular complexity index is 53.9. The van der Waals surface area contributed by atoms with Crippen LogP contribution in [-0.4, -0.2) is 23.2 Å². The van der Waals surface area contributed by atoms with Gasteiger partial charge in [0.15, 0.2) is 0 Å². The number of hydrogen-bond acceptors (Lipinski definition) is 0. The molecule has 0 atom stereocenters. The second-order valence-corrected chi connectivity index (χ2v) is 8.30. The zero-order chi connectivity index (χ0) is 8.36. The minimum atomic E-state index is 0.0402. The standard InChI is InChI=1S/2C5H11.Bi/c2*1-3-5-4-2;/h2*1,3-5H2,2H3;. The summed E-state index contributed by atoms with van der Waals surface area (Å²) in [5.74, 6) is 0. The molecular formula is C10H22Bi. The molecule has 0 saturated heterocycles. The normalized spacial score (nSPS) is 10.4. The number of hydrogen-bond donors (Lipinski definition) is 0.